The maximum atomic E-state index is 12.1. The van der Waals surface area contributed by atoms with Gasteiger partial charge in [0, 0.05) is 14.2 Å². The fourth-order valence-electron chi connectivity index (χ4n) is 1.66. The van der Waals surface area contributed by atoms with E-state index in [4.69, 9.17) is 0 Å². The van der Waals surface area contributed by atoms with Crippen LogP contribution in [0.1, 0.15) is 25.7 Å². The van der Waals surface area contributed by atoms with Crippen molar-refractivity contribution >= 4 is 33.2 Å². The molecule has 0 saturated heterocycles. The number of amides is 1. The van der Waals surface area contributed by atoms with Crippen LogP contribution in [0.25, 0.3) is 0 Å². The molecule has 1 heterocycles. The second kappa shape index (κ2) is 5.67. The lowest BCUT2D eigenvalue weighted by Gasteiger charge is -2.06. The summed E-state index contributed by atoms with van der Waals surface area (Å²) in [5.41, 5.74) is 1.76. The molecule has 0 spiro atoms. The van der Waals surface area contributed by atoms with Crippen LogP contribution in [0.2, 0.25) is 0 Å². The number of nitrogens with one attached hydrogen (secondary N) is 1. The Morgan fingerprint density at radius 1 is 1.28 bits per heavy atom. The minimum absolute atomic E-state index is 0.0448. The molecule has 2 nitrogen and oxygen atoms in total. The number of aryl methyl sites for hydroxylation is 2. The Morgan fingerprint density at radius 3 is 2.72 bits per heavy atom. The highest BCUT2D eigenvalue weighted by molar-refractivity contribution is 9.10. The van der Waals surface area contributed by atoms with Gasteiger partial charge in [0.1, 0.15) is 0 Å². The summed E-state index contributed by atoms with van der Waals surface area (Å²) < 4.78 is 0.827. The van der Waals surface area contributed by atoms with Crippen molar-refractivity contribution in [2.24, 2.45) is 0 Å². The number of halogens is 1. The van der Waals surface area contributed by atoms with E-state index in [1.54, 1.807) is 11.3 Å². The zero-order chi connectivity index (χ0) is 13.1. The van der Waals surface area contributed by atoms with Crippen LogP contribution in [-0.2, 0) is 6.54 Å². The minimum atomic E-state index is -0.0448. The van der Waals surface area contributed by atoms with Crippen LogP contribution in [0.15, 0.2) is 34.8 Å². The van der Waals surface area contributed by atoms with Gasteiger partial charge >= 0.3 is 0 Å². The van der Waals surface area contributed by atoms with E-state index in [1.165, 1.54) is 9.75 Å². The highest BCUT2D eigenvalue weighted by Crippen LogP contribution is 2.19. The molecule has 1 aromatic heterocycles. The van der Waals surface area contributed by atoms with Crippen LogP contribution in [0.5, 0.6) is 0 Å². The van der Waals surface area contributed by atoms with Gasteiger partial charge in [0.05, 0.1) is 12.1 Å². The van der Waals surface area contributed by atoms with E-state index in [0.717, 1.165) is 10.0 Å². The van der Waals surface area contributed by atoms with Gasteiger partial charge in [0.25, 0.3) is 5.91 Å². The van der Waals surface area contributed by atoms with Crippen molar-refractivity contribution in [3.63, 3.8) is 0 Å². The van der Waals surface area contributed by atoms with Crippen molar-refractivity contribution in [1.29, 1.82) is 0 Å². The van der Waals surface area contributed by atoms with E-state index >= 15 is 0 Å². The Labute approximate surface area is 119 Å². The lowest BCUT2D eigenvalue weighted by atomic mass is 10.1. The molecule has 0 aliphatic heterocycles. The molecule has 1 amide bonds. The maximum Gasteiger partial charge on any atom is 0.252 e. The molecule has 2 rings (SSSR count). The number of rotatable bonds is 3. The van der Waals surface area contributed by atoms with Gasteiger partial charge in [-0.15, -0.1) is 11.3 Å². The summed E-state index contributed by atoms with van der Waals surface area (Å²) >= 11 is 5.11. The van der Waals surface area contributed by atoms with Gasteiger partial charge in [0.2, 0.25) is 0 Å². The first-order valence-electron chi connectivity index (χ1n) is 5.66. The standard InChI is InChI=1S/C14H14BrNOS/c1-9-3-6-13(15)12(7-9)14(17)16-8-11-5-4-10(2)18-11/h3-7H,8H2,1-2H3,(H,16,17). The van der Waals surface area contributed by atoms with Gasteiger partial charge in [-0.05, 0) is 54.0 Å². The molecule has 1 N–H and O–H groups in total. The summed E-state index contributed by atoms with van der Waals surface area (Å²) in [5, 5.41) is 2.94. The maximum absolute atomic E-state index is 12.1. The molecule has 0 unspecified atom stereocenters. The molecule has 0 aliphatic carbocycles. The lowest BCUT2D eigenvalue weighted by molar-refractivity contribution is 0.0950. The molecule has 94 valence electrons. The van der Waals surface area contributed by atoms with Crippen LogP contribution in [0, 0.1) is 13.8 Å². The van der Waals surface area contributed by atoms with Gasteiger partial charge in [-0.25, -0.2) is 0 Å². The average molecular weight is 324 g/mol. The number of carbonyl (C=O) groups is 1. The Morgan fingerprint density at radius 2 is 2.06 bits per heavy atom. The summed E-state index contributed by atoms with van der Waals surface area (Å²) in [6.45, 7) is 4.62. The van der Waals surface area contributed by atoms with E-state index in [2.05, 4.69) is 34.2 Å². The normalized spacial score (nSPS) is 10.4. The third-order valence-electron chi connectivity index (χ3n) is 2.59. The SMILES string of the molecule is Cc1ccc(Br)c(C(=O)NCc2ccc(C)s2)c1. The Kier molecular flexibility index (Phi) is 4.19. The average Bonchev–Trinajstić information content (AvgIpc) is 2.75. The Bertz CT molecular complexity index is 577. The molecule has 0 fully saturated rings. The highest BCUT2D eigenvalue weighted by Gasteiger charge is 2.10. The molecule has 4 heteroatoms. The quantitative estimate of drug-likeness (QED) is 0.906. The predicted molar refractivity (Wildman–Crippen MR) is 79.1 cm³/mol. The van der Waals surface area contributed by atoms with Gasteiger partial charge in [-0.3, -0.25) is 4.79 Å². The van der Waals surface area contributed by atoms with Crippen molar-refractivity contribution in [3.8, 4) is 0 Å². The summed E-state index contributed by atoms with van der Waals surface area (Å²) in [5.74, 6) is -0.0448. The number of carbonyl (C=O) groups excluding carboxylic acids is 1. The molecule has 0 aliphatic rings. The van der Waals surface area contributed by atoms with Crippen LogP contribution in [-0.4, -0.2) is 5.91 Å². The number of benzene rings is 1. The zero-order valence-electron chi connectivity index (χ0n) is 10.3. The summed E-state index contributed by atoms with van der Waals surface area (Å²) in [6, 6.07) is 9.88. The van der Waals surface area contributed by atoms with Gasteiger partial charge in [-0.1, -0.05) is 11.6 Å². The Balaban J connectivity index is 2.05. The van der Waals surface area contributed by atoms with E-state index in [1.807, 2.05) is 31.2 Å². The fourth-order valence-corrected chi connectivity index (χ4v) is 2.91. The van der Waals surface area contributed by atoms with Crippen molar-refractivity contribution in [3.05, 3.63) is 55.7 Å². The van der Waals surface area contributed by atoms with E-state index in [0.29, 0.717) is 12.1 Å². The third-order valence-corrected chi connectivity index (χ3v) is 4.28. The van der Waals surface area contributed by atoms with Crippen LogP contribution < -0.4 is 5.32 Å². The van der Waals surface area contributed by atoms with E-state index in [-0.39, 0.29) is 5.91 Å². The minimum Gasteiger partial charge on any atom is -0.347 e. The van der Waals surface area contributed by atoms with Crippen LogP contribution in [0.3, 0.4) is 0 Å². The van der Waals surface area contributed by atoms with Crippen molar-refractivity contribution in [2.45, 2.75) is 20.4 Å². The molecular formula is C14H14BrNOS. The second-order valence-electron chi connectivity index (χ2n) is 4.18. The smallest absolute Gasteiger partial charge is 0.252 e. The van der Waals surface area contributed by atoms with E-state index in [9.17, 15) is 4.79 Å². The third kappa shape index (κ3) is 3.21. The molecule has 0 radical (unpaired) electrons. The largest absolute Gasteiger partial charge is 0.347 e. The predicted octanol–water partition coefficient (Wildman–Crippen LogP) is 4.06. The number of hydrogen-bond donors (Lipinski definition) is 1. The van der Waals surface area contributed by atoms with Gasteiger partial charge < -0.3 is 5.32 Å². The van der Waals surface area contributed by atoms with E-state index < -0.39 is 0 Å². The summed E-state index contributed by atoms with van der Waals surface area (Å²) in [4.78, 5) is 14.5. The molecular weight excluding hydrogens is 310 g/mol. The molecule has 0 bridgehead atoms. The first kappa shape index (κ1) is 13.3. The van der Waals surface area contributed by atoms with Crippen molar-refractivity contribution in [1.82, 2.24) is 5.32 Å². The second-order valence-corrected chi connectivity index (χ2v) is 6.41. The van der Waals surface area contributed by atoms with Crippen molar-refractivity contribution < 1.29 is 4.79 Å². The zero-order valence-corrected chi connectivity index (χ0v) is 12.7. The molecule has 0 saturated carbocycles. The fraction of sp³-hybridized carbons (Fsp3) is 0.214. The lowest BCUT2D eigenvalue weighted by Crippen LogP contribution is -2.22. The molecule has 2 aromatic rings. The highest BCUT2D eigenvalue weighted by atomic mass is 79.9. The summed E-state index contributed by atoms with van der Waals surface area (Å²) in [6.07, 6.45) is 0. The first-order valence-corrected chi connectivity index (χ1v) is 7.27. The van der Waals surface area contributed by atoms with Crippen LogP contribution in [0.4, 0.5) is 0 Å². The number of thiophene rings is 1. The van der Waals surface area contributed by atoms with Gasteiger partial charge in [-0.2, -0.15) is 0 Å². The molecule has 1 aromatic carbocycles. The Hall–Kier alpha value is -1.13. The topological polar surface area (TPSA) is 29.1 Å². The molecule has 18 heavy (non-hydrogen) atoms. The van der Waals surface area contributed by atoms with Gasteiger partial charge in [0.15, 0.2) is 0 Å². The van der Waals surface area contributed by atoms with Crippen LogP contribution >= 0.6 is 27.3 Å². The molecule has 0 atom stereocenters. The monoisotopic (exact) mass is 323 g/mol. The first-order chi connectivity index (χ1) is 8.56. The number of hydrogen-bond acceptors (Lipinski definition) is 2. The van der Waals surface area contributed by atoms with Crippen molar-refractivity contribution in [2.75, 3.05) is 0 Å². The summed E-state index contributed by atoms with van der Waals surface area (Å²) in [7, 11) is 0.